The summed E-state index contributed by atoms with van der Waals surface area (Å²) in [5.74, 6) is 0.654. The smallest absolute Gasteiger partial charge is 0.303 e. The number of rotatable bonds is 7. The summed E-state index contributed by atoms with van der Waals surface area (Å²) >= 11 is 3.53. The summed E-state index contributed by atoms with van der Waals surface area (Å²) in [5, 5.41) is 8.71. The Balaban J connectivity index is 3.11. The number of hydrogen-bond donors (Lipinski definition) is 1. The third-order valence-corrected chi connectivity index (χ3v) is 3.71. The van der Waals surface area contributed by atoms with Crippen LogP contribution in [0.25, 0.3) is 0 Å². The Labute approximate surface area is 121 Å². The molecule has 0 fully saturated rings. The highest BCUT2D eigenvalue weighted by atomic mass is 79.9. The van der Waals surface area contributed by atoms with Crippen molar-refractivity contribution in [3.8, 4) is 11.5 Å². The Morgan fingerprint density at radius 1 is 1.32 bits per heavy atom. The quantitative estimate of drug-likeness (QED) is 0.832. The van der Waals surface area contributed by atoms with Crippen molar-refractivity contribution in [1.82, 2.24) is 0 Å². The Morgan fingerprint density at radius 3 is 2.47 bits per heavy atom. The van der Waals surface area contributed by atoms with Gasteiger partial charge in [-0.1, -0.05) is 22.9 Å². The standard InChI is InChI=1S/C14H19BrO4/c1-4-9-10(6-5-7-13(16)17)11(15)8-12(18-2)14(9)19-3/h8H,4-7H2,1-3H3,(H,16,17). The molecule has 0 spiro atoms. The van der Waals surface area contributed by atoms with E-state index in [1.165, 1.54) is 0 Å². The molecule has 0 aliphatic rings. The van der Waals surface area contributed by atoms with E-state index in [2.05, 4.69) is 15.9 Å². The predicted molar refractivity (Wildman–Crippen MR) is 77.2 cm³/mol. The van der Waals surface area contributed by atoms with Crippen LogP contribution in [0.4, 0.5) is 0 Å². The zero-order valence-electron chi connectivity index (χ0n) is 11.5. The fourth-order valence-electron chi connectivity index (χ4n) is 2.13. The van der Waals surface area contributed by atoms with Crippen LogP contribution in [0, 0.1) is 0 Å². The molecule has 19 heavy (non-hydrogen) atoms. The Bertz CT molecular complexity index is 457. The van der Waals surface area contributed by atoms with E-state index in [9.17, 15) is 4.79 Å². The number of methoxy groups -OCH3 is 2. The summed E-state index contributed by atoms with van der Waals surface area (Å²) in [6.45, 7) is 2.05. The van der Waals surface area contributed by atoms with E-state index in [0.29, 0.717) is 18.6 Å². The van der Waals surface area contributed by atoms with Gasteiger partial charge in [0.05, 0.1) is 14.2 Å². The molecule has 0 atom stereocenters. The Morgan fingerprint density at radius 2 is 2.00 bits per heavy atom. The van der Waals surface area contributed by atoms with E-state index < -0.39 is 5.97 Å². The fraction of sp³-hybridized carbons (Fsp3) is 0.500. The van der Waals surface area contributed by atoms with Gasteiger partial charge < -0.3 is 14.6 Å². The van der Waals surface area contributed by atoms with Crippen molar-refractivity contribution in [2.24, 2.45) is 0 Å². The number of ether oxygens (including phenoxy) is 2. The number of carboxylic acids is 1. The lowest BCUT2D eigenvalue weighted by atomic mass is 9.98. The molecule has 0 amide bonds. The van der Waals surface area contributed by atoms with E-state index in [0.717, 1.165) is 27.8 Å². The summed E-state index contributed by atoms with van der Waals surface area (Å²) < 4.78 is 11.7. The SMILES string of the molecule is CCc1c(CCCC(=O)O)c(Br)cc(OC)c1OC. The fourth-order valence-corrected chi connectivity index (χ4v) is 2.78. The third kappa shape index (κ3) is 3.86. The average Bonchev–Trinajstić information content (AvgIpc) is 2.38. The molecule has 1 aromatic rings. The molecule has 106 valence electrons. The Hall–Kier alpha value is -1.23. The van der Waals surface area contributed by atoms with Gasteiger partial charge in [-0.05, 0) is 30.9 Å². The predicted octanol–water partition coefficient (Wildman–Crippen LogP) is 3.44. The highest BCUT2D eigenvalue weighted by Gasteiger charge is 2.17. The topological polar surface area (TPSA) is 55.8 Å². The van der Waals surface area contributed by atoms with Gasteiger partial charge in [0, 0.05) is 16.5 Å². The first-order valence-corrected chi connectivity index (χ1v) is 6.98. The third-order valence-electron chi connectivity index (χ3n) is 3.00. The monoisotopic (exact) mass is 330 g/mol. The van der Waals surface area contributed by atoms with Crippen molar-refractivity contribution in [3.05, 3.63) is 21.7 Å². The van der Waals surface area contributed by atoms with E-state index in [1.807, 2.05) is 13.0 Å². The number of benzene rings is 1. The van der Waals surface area contributed by atoms with Gasteiger partial charge in [-0.2, -0.15) is 0 Å². The van der Waals surface area contributed by atoms with Crippen molar-refractivity contribution >= 4 is 21.9 Å². The second-order valence-electron chi connectivity index (χ2n) is 4.15. The Kier molecular flexibility index (Phi) is 6.15. The minimum Gasteiger partial charge on any atom is -0.493 e. The normalized spacial score (nSPS) is 10.3. The molecule has 0 heterocycles. The summed E-state index contributed by atoms with van der Waals surface area (Å²) in [5.41, 5.74) is 2.17. The maximum atomic E-state index is 10.6. The molecular weight excluding hydrogens is 312 g/mol. The van der Waals surface area contributed by atoms with Crippen LogP contribution < -0.4 is 9.47 Å². The first kappa shape index (κ1) is 15.8. The van der Waals surface area contributed by atoms with E-state index in [-0.39, 0.29) is 6.42 Å². The number of carbonyl (C=O) groups is 1. The van der Waals surface area contributed by atoms with Gasteiger partial charge in [-0.3, -0.25) is 4.79 Å². The largest absolute Gasteiger partial charge is 0.493 e. The molecule has 0 bridgehead atoms. The van der Waals surface area contributed by atoms with Crippen molar-refractivity contribution in [2.75, 3.05) is 14.2 Å². The highest BCUT2D eigenvalue weighted by molar-refractivity contribution is 9.10. The van der Waals surface area contributed by atoms with Gasteiger partial charge in [0.2, 0.25) is 0 Å². The van der Waals surface area contributed by atoms with Crippen molar-refractivity contribution in [3.63, 3.8) is 0 Å². The zero-order valence-corrected chi connectivity index (χ0v) is 13.0. The van der Waals surface area contributed by atoms with Crippen LogP contribution in [0.1, 0.15) is 30.9 Å². The zero-order chi connectivity index (χ0) is 14.4. The van der Waals surface area contributed by atoms with E-state index >= 15 is 0 Å². The molecule has 5 heteroatoms. The summed E-state index contributed by atoms with van der Waals surface area (Å²) in [6, 6.07) is 1.87. The molecule has 0 saturated heterocycles. The summed E-state index contributed by atoms with van der Waals surface area (Å²) in [7, 11) is 3.22. The lowest BCUT2D eigenvalue weighted by Gasteiger charge is -2.17. The minimum atomic E-state index is -0.769. The summed E-state index contributed by atoms with van der Waals surface area (Å²) in [4.78, 5) is 10.6. The van der Waals surface area contributed by atoms with Crippen molar-refractivity contribution in [1.29, 1.82) is 0 Å². The van der Waals surface area contributed by atoms with Crippen LogP contribution in [-0.2, 0) is 17.6 Å². The molecule has 1 N–H and O–H groups in total. The van der Waals surface area contributed by atoms with Crippen LogP contribution in [0.2, 0.25) is 0 Å². The number of halogens is 1. The first-order valence-electron chi connectivity index (χ1n) is 6.19. The second kappa shape index (κ2) is 7.38. The van der Waals surface area contributed by atoms with Gasteiger partial charge in [-0.15, -0.1) is 0 Å². The lowest BCUT2D eigenvalue weighted by Crippen LogP contribution is -2.03. The first-order chi connectivity index (χ1) is 9.04. The van der Waals surface area contributed by atoms with Crippen molar-refractivity contribution in [2.45, 2.75) is 32.6 Å². The molecule has 4 nitrogen and oxygen atoms in total. The van der Waals surface area contributed by atoms with Crippen LogP contribution in [-0.4, -0.2) is 25.3 Å². The molecule has 0 aliphatic heterocycles. The molecular formula is C14H19BrO4. The maximum Gasteiger partial charge on any atom is 0.303 e. The van der Waals surface area contributed by atoms with Crippen LogP contribution in [0.3, 0.4) is 0 Å². The molecule has 1 aromatic carbocycles. The van der Waals surface area contributed by atoms with E-state index in [1.54, 1.807) is 14.2 Å². The van der Waals surface area contributed by atoms with Gasteiger partial charge in [0.1, 0.15) is 0 Å². The lowest BCUT2D eigenvalue weighted by molar-refractivity contribution is -0.137. The average molecular weight is 331 g/mol. The van der Waals surface area contributed by atoms with Gasteiger partial charge in [0.15, 0.2) is 11.5 Å². The number of aliphatic carboxylic acids is 1. The second-order valence-corrected chi connectivity index (χ2v) is 5.01. The molecule has 1 rings (SSSR count). The van der Waals surface area contributed by atoms with Gasteiger partial charge >= 0.3 is 5.97 Å². The van der Waals surface area contributed by atoms with E-state index in [4.69, 9.17) is 14.6 Å². The molecule has 0 aliphatic carbocycles. The number of carboxylic acid groups (broad SMARTS) is 1. The van der Waals surface area contributed by atoms with Crippen LogP contribution in [0.15, 0.2) is 10.5 Å². The molecule has 0 aromatic heterocycles. The van der Waals surface area contributed by atoms with Crippen LogP contribution in [0.5, 0.6) is 11.5 Å². The van der Waals surface area contributed by atoms with Gasteiger partial charge in [0.25, 0.3) is 0 Å². The highest BCUT2D eigenvalue weighted by Crippen LogP contribution is 2.39. The minimum absolute atomic E-state index is 0.171. The maximum absolute atomic E-state index is 10.6. The molecule has 0 radical (unpaired) electrons. The van der Waals surface area contributed by atoms with Crippen LogP contribution >= 0.6 is 15.9 Å². The summed E-state index contributed by atoms with van der Waals surface area (Å²) in [6.07, 6.45) is 2.29. The molecule has 0 saturated carbocycles. The van der Waals surface area contributed by atoms with Crippen molar-refractivity contribution < 1.29 is 19.4 Å². The molecule has 0 unspecified atom stereocenters. The number of hydrogen-bond acceptors (Lipinski definition) is 3. The van der Waals surface area contributed by atoms with Gasteiger partial charge in [-0.25, -0.2) is 0 Å².